The zero-order valence-corrected chi connectivity index (χ0v) is 12.9. The van der Waals surface area contributed by atoms with Crippen molar-refractivity contribution in [2.24, 2.45) is 11.1 Å². The average molecular weight is 318 g/mol. The van der Waals surface area contributed by atoms with Crippen molar-refractivity contribution in [3.63, 3.8) is 0 Å². The Morgan fingerprint density at radius 2 is 2.00 bits per heavy atom. The van der Waals surface area contributed by atoms with Crippen molar-refractivity contribution in [2.45, 2.75) is 39.3 Å². The standard InChI is InChI=1S/C14H21BrFNO/c1-14(2,3)13(18-4)12(17)7-9-5-6-10(16)8-11(9)15/h5-6,8,12-13H,7,17H2,1-4H3. The second-order valence-electron chi connectivity index (χ2n) is 5.63. The SMILES string of the molecule is COC(C(N)Cc1ccc(F)cc1Br)C(C)(C)C. The van der Waals surface area contributed by atoms with E-state index in [0.717, 1.165) is 10.0 Å². The maximum absolute atomic E-state index is 13.0. The van der Waals surface area contributed by atoms with Gasteiger partial charge in [-0.25, -0.2) is 4.39 Å². The van der Waals surface area contributed by atoms with Crippen LogP contribution in [0.15, 0.2) is 22.7 Å². The van der Waals surface area contributed by atoms with E-state index in [4.69, 9.17) is 10.5 Å². The van der Waals surface area contributed by atoms with E-state index in [2.05, 4.69) is 36.7 Å². The molecular weight excluding hydrogens is 297 g/mol. The van der Waals surface area contributed by atoms with Crippen molar-refractivity contribution in [3.8, 4) is 0 Å². The number of benzene rings is 1. The van der Waals surface area contributed by atoms with Crippen LogP contribution >= 0.6 is 15.9 Å². The number of hydrogen-bond acceptors (Lipinski definition) is 2. The Bertz CT molecular complexity index is 403. The summed E-state index contributed by atoms with van der Waals surface area (Å²) in [6, 6.07) is 4.54. The van der Waals surface area contributed by atoms with E-state index in [1.165, 1.54) is 12.1 Å². The first-order chi connectivity index (χ1) is 8.25. The van der Waals surface area contributed by atoms with Gasteiger partial charge in [0.25, 0.3) is 0 Å². The minimum Gasteiger partial charge on any atom is -0.379 e. The lowest BCUT2D eigenvalue weighted by Crippen LogP contribution is -2.46. The summed E-state index contributed by atoms with van der Waals surface area (Å²) < 4.78 is 19.3. The van der Waals surface area contributed by atoms with Crippen LogP contribution in [0.2, 0.25) is 0 Å². The molecule has 0 bridgehead atoms. The molecule has 0 aliphatic heterocycles. The highest BCUT2D eigenvalue weighted by atomic mass is 79.9. The lowest BCUT2D eigenvalue weighted by atomic mass is 9.83. The van der Waals surface area contributed by atoms with Crippen LogP contribution in [0.3, 0.4) is 0 Å². The van der Waals surface area contributed by atoms with Gasteiger partial charge >= 0.3 is 0 Å². The molecule has 0 fully saturated rings. The minimum absolute atomic E-state index is 0.0271. The number of halogens is 2. The Kier molecular flexibility index (Phi) is 5.32. The molecule has 0 spiro atoms. The fraction of sp³-hybridized carbons (Fsp3) is 0.571. The molecule has 2 unspecified atom stereocenters. The summed E-state index contributed by atoms with van der Waals surface area (Å²) in [6.45, 7) is 6.29. The van der Waals surface area contributed by atoms with Gasteiger partial charge in [0.15, 0.2) is 0 Å². The third-order valence-corrected chi connectivity index (χ3v) is 3.71. The molecule has 0 amide bonds. The number of hydrogen-bond donors (Lipinski definition) is 1. The normalized spacial score (nSPS) is 15.5. The van der Waals surface area contributed by atoms with Gasteiger partial charge < -0.3 is 10.5 Å². The molecule has 102 valence electrons. The van der Waals surface area contributed by atoms with Gasteiger partial charge in [0.2, 0.25) is 0 Å². The number of ether oxygens (including phenoxy) is 1. The zero-order valence-electron chi connectivity index (χ0n) is 11.3. The molecule has 0 aliphatic carbocycles. The molecule has 2 nitrogen and oxygen atoms in total. The van der Waals surface area contributed by atoms with Crippen LogP contribution in [-0.2, 0) is 11.2 Å². The number of nitrogens with two attached hydrogens (primary N) is 1. The van der Waals surface area contributed by atoms with Crippen LogP contribution in [-0.4, -0.2) is 19.3 Å². The summed E-state index contributed by atoms with van der Waals surface area (Å²) in [5.74, 6) is -0.252. The molecule has 1 aromatic carbocycles. The Balaban J connectivity index is 2.83. The molecule has 0 radical (unpaired) electrons. The second-order valence-corrected chi connectivity index (χ2v) is 6.48. The molecule has 2 atom stereocenters. The molecule has 1 aromatic rings. The van der Waals surface area contributed by atoms with Gasteiger partial charge in [0.1, 0.15) is 5.82 Å². The van der Waals surface area contributed by atoms with Crippen molar-refractivity contribution >= 4 is 15.9 Å². The summed E-state index contributed by atoms with van der Waals surface area (Å²) in [5.41, 5.74) is 7.18. The van der Waals surface area contributed by atoms with Gasteiger partial charge in [-0.05, 0) is 29.5 Å². The minimum atomic E-state index is -0.252. The number of methoxy groups -OCH3 is 1. The smallest absolute Gasteiger partial charge is 0.124 e. The van der Waals surface area contributed by atoms with Gasteiger partial charge in [-0.1, -0.05) is 42.8 Å². The summed E-state index contributed by atoms with van der Waals surface area (Å²) in [5, 5.41) is 0. The maximum atomic E-state index is 13.0. The summed E-state index contributed by atoms with van der Waals surface area (Å²) in [7, 11) is 1.68. The van der Waals surface area contributed by atoms with E-state index in [-0.39, 0.29) is 23.4 Å². The Labute approximate surface area is 117 Å². The molecule has 18 heavy (non-hydrogen) atoms. The molecule has 0 aliphatic rings. The van der Waals surface area contributed by atoms with E-state index in [0.29, 0.717) is 6.42 Å². The van der Waals surface area contributed by atoms with Crippen LogP contribution in [0.25, 0.3) is 0 Å². The highest BCUT2D eigenvalue weighted by Crippen LogP contribution is 2.27. The first-order valence-corrected chi connectivity index (χ1v) is 6.77. The first kappa shape index (κ1) is 15.6. The Morgan fingerprint density at radius 1 is 1.39 bits per heavy atom. The van der Waals surface area contributed by atoms with E-state index < -0.39 is 0 Å². The molecule has 4 heteroatoms. The Morgan fingerprint density at radius 3 is 2.44 bits per heavy atom. The van der Waals surface area contributed by atoms with Crippen LogP contribution in [0.5, 0.6) is 0 Å². The molecule has 0 saturated heterocycles. The third kappa shape index (κ3) is 4.04. The lowest BCUT2D eigenvalue weighted by molar-refractivity contribution is -0.00168. The maximum Gasteiger partial charge on any atom is 0.124 e. The van der Waals surface area contributed by atoms with Crippen molar-refractivity contribution in [2.75, 3.05) is 7.11 Å². The zero-order chi connectivity index (χ0) is 13.9. The molecule has 0 heterocycles. The third-order valence-electron chi connectivity index (χ3n) is 2.97. The molecule has 2 N–H and O–H groups in total. The summed E-state index contributed by atoms with van der Waals surface area (Å²) in [6.07, 6.45) is 0.603. The van der Waals surface area contributed by atoms with E-state index in [1.54, 1.807) is 13.2 Å². The summed E-state index contributed by atoms with van der Waals surface area (Å²) >= 11 is 3.36. The second kappa shape index (κ2) is 6.13. The molecular formula is C14H21BrFNO. The molecule has 1 rings (SSSR count). The fourth-order valence-electron chi connectivity index (χ4n) is 2.22. The van der Waals surface area contributed by atoms with Gasteiger partial charge in [-0.15, -0.1) is 0 Å². The Hall–Kier alpha value is -0.450. The predicted molar refractivity (Wildman–Crippen MR) is 76.0 cm³/mol. The van der Waals surface area contributed by atoms with Crippen LogP contribution in [0.4, 0.5) is 4.39 Å². The van der Waals surface area contributed by atoms with Crippen LogP contribution in [0, 0.1) is 11.2 Å². The first-order valence-electron chi connectivity index (χ1n) is 5.98. The largest absolute Gasteiger partial charge is 0.379 e. The van der Waals surface area contributed by atoms with Crippen molar-refractivity contribution in [1.82, 2.24) is 0 Å². The number of rotatable bonds is 4. The van der Waals surface area contributed by atoms with Crippen LogP contribution < -0.4 is 5.73 Å². The van der Waals surface area contributed by atoms with Crippen molar-refractivity contribution < 1.29 is 9.13 Å². The van der Waals surface area contributed by atoms with Gasteiger partial charge in [0.05, 0.1) is 6.10 Å². The highest BCUT2D eigenvalue weighted by Gasteiger charge is 2.30. The highest BCUT2D eigenvalue weighted by molar-refractivity contribution is 9.10. The monoisotopic (exact) mass is 317 g/mol. The quantitative estimate of drug-likeness (QED) is 0.922. The van der Waals surface area contributed by atoms with Crippen molar-refractivity contribution in [1.29, 1.82) is 0 Å². The van der Waals surface area contributed by atoms with Crippen molar-refractivity contribution in [3.05, 3.63) is 34.1 Å². The van der Waals surface area contributed by atoms with Gasteiger partial charge in [-0.3, -0.25) is 0 Å². The topological polar surface area (TPSA) is 35.2 Å². The summed E-state index contributed by atoms with van der Waals surface area (Å²) in [4.78, 5) is 0. The predicted octanol–water partition coefficient (Wildman–Crippen LogP) is 3.52. The van der Waals surface area contributed by atoms with Gasteiger partial charge in [0, 0.05) is 17.6 Å². The average Bonchev–Trinajstić information content (AvgIpc) is 2.21. The lowest BCUT2D eigenvalue weighted by Gasteiger charge is -2.34. The van der Waals surface area contributed by atoms with E-state index in [1.807, 2.05) is 0 Å². The van der Waals surface area contributed by atoms with Gasteiger partial charge in [-0.2, -0.15) is 0 Å². The van der Waals surface area contributed by atoms with E-state index in [9.17, 15) is 4.39 Å². The van der Waals surface area contributed by atoms with Crippen LogP contribution in [0.1, 0.15) is 26.3 Å². The molecule has 0 saturated carbocycles. The van der Waals surface area contributed by atoms with E-state index >= 15 is 0 Å². The fourth-order valence-corrected chi connectivity index (χ4v) is 2.73. The molecule has 0 aromatic heterocycles.